The number of primary amides is 3. The van der Waals surface area contributed by atoms with E-state index in [2.05, 4.69) is 12.3 Å². The minimum absolute atomic E-state index is 0.329. The Labute approximate surface area is 88.5 Å². The standard InChI is InChI=1S/C6H12N2O2.C3H5NO/c7-5(9)3-1-2-4-6(8)10;1-2-3(4)5/h1-4H2,(H2,7,9)(H2,8,10);2H,1H2,(H2,4,5). The van der Waals surface area contributed by atoms with Gasteiger partial charge in [0.25, 0.3) is 0 Å². The zero-order valence-electron chi connectivity index (χ0n) is 8.57. The van der Waals surface area contributed by atoms with Gasteiger partial charge in [0.15, 0.2) is 0 Å². The molecular formula is C9H17N3O3. The summed E-state index contributed by atoms with van der Waals surface area (Å²) in [7, 11) is 0. The molecule has 6 N–H and O–H groups in total. The van der Waals surface area contributed by atoms with Crippen molar-refractivity contribution < 1.29 is 14.4 Å². The first kappa shape index (κ1) is 15.6. The molecule has 0 aromatic rings. The van der Waals surface area contributed by atoms with Gasteiger partial charge in [-0.1, -0.05) is 6.58 Å². The fourth-order valence-corrected chi connectivity index (χ4v) is 0.598. The maximum Gasteiger partial charge on any atom is 0.240 e. The number of nitrogens with two attached hydrogens (primary N) is 3. The molecule has 0 heterocycles. The fourth-order valence-electron chi connectivity index (χ4n) is 0.598. The third kappa shape index (κ3) is 24.5. The van der Waals surface area contributed by atoms with Crippen LogP contribution in [-0.4, -0.2) is 17.7 Å². The summed E-state index contributed by atoms with van der Waals surface area (Å²) in [6.45, 7) is 3.09. The highest BCUT2D eigenvalue weighted by molar-refractivity contribution is 5.84. The van der Waals surface area contributed by atoms with Crippen molar-refractivity contribution in [2.24, 2.45) is 17.2 Å². The second-order valence-electron chi connectivity index (χ2n) is 2.75. The van der Waals surface area contributed by atoms with E-state index < -0.39 is 5.91 Å². The van der Waals surface area contributed by atoms with Crippen LogP contribution in [0.3, 0.4) is 0 Å². The molecule has 0 unspecified atom stereocenters. The summed E-state index contributed by atoms with van der Waals surface area (Å²) in [6.07, 6.45) is 3.04. The van der Waals surface area contributed by atoms with Gasteiger partial charge in [-0.25, -0.2) is 0 Å². The zero-order valence-corrected chi connectivity index (χ0v) is 8.57. The Morgan fingerprint density at radius 1 is 0.933 bits per heavy atom. The van der Waals surface area contributed by atoms with Gasteiger partial charge >= 0.3 is 0 Å². The number of rotatable bonds is 6. The first-order valence-corrected chi connectivity index (χ1v) is 4.38. The zero-order chi connectivity index (χ0) is 12.3. The summed E-state index contributed by atoms with van der Waals surface area (Å²) in [5.41, 5.74) is 14.2. The van der Waals surface area contributed by atoms with Crippen LogP contribution < -0.4 is 17.2 Å². The molecule has 6 nitrogen and oxygen atoms in total. The average Bonchev–Trinajstić information content (AvgIpc) is 2.13. The molecule has 0 atom stereocenters. The van der Waals surface area contributed by atoms with E-state index >= 15 is 0 Å². The number of unbranched alkanes of at least 4 members (excludes halogenated alkanes) is 1. The highest BCUT2D eigenvalue weighted by Crippen LogP contribution is 1.97. The van der Waals surface area contributed by atoms with Crippen molar-refractivity contribution in [3.63, 3.8) is 0 Å². The van der Waals surface area contributed by atoms with Gasteiger partial charge in [0, 0.05) is 12.8 Å². The average molecular weight is 215 g/mol. The number of hydrogen-bond donors (Lipinski definition) is 3. The number of carbonyl (C=O) groups excluding carboxylic acids is 3. The van der Waals surface area contributed by atoms with Gasteiger partial charge in [-0.05, 0) is 18.9 Å². The largest absolute Gasteiger partial charge is 0.370 e. The normalized spacial score (nSPS) is 8.27. The molecule has 0 rings (SSSR count). The Bertz CT molecular complexity index is 223. The molecule has 15 heavy (non-hydrogen) atoms. The molecule has 0 aliphatic carbocycles. The van der Waals surface area contributed by atoms with E-state index in [9.17, 15) is 14.4 Å². The molecule has 0 spiro atoms. The van der Waals surface area contributed by atoms with Crippen molar-refractivity contribution in [3.05, 3.63) is 12.7 Å². The fraction of sp³-hybridized carbons (Fsp3) is 0.444. The second kappa shape index (κ2) is 10.2. The van der Waals surface area contributed by atoms with Crippen molar-refractivity contribution in [3.8, 4) is 0 Å². The smallest absolute Gasteiger partial charge is 0.240 e. The molecule has 0 radical (unpaired) electrons. The van der Waals surface area contributed by atoms with Gasteiger partial charge in [0.1, 0.15) is 0 Å². The van der Waals surface area contributed by atoms with Crippen molar-refractivity contribution in [1.29, 1.82) is 0 Å². The third-order valence-electron chi connectivity index (χ3n) is 1.30. The molecule has 0 saturated heterocycles. The van der Waals surface area contributed by atoms with Crippen LogP contribution in [0.4, 0.5) is 0 Å². The Morgan fingerprint density at radius 2 is 1.20 bits per heavy atom. The summed E-state index contributed by atoms with van der Waals surface area (Å²) < 4.78 is 0. The molecule has 0 saturated carbocycles. The molecule has 0 bridgehead atoms. The van der Waals surface area contributed by atoms with Crippen LogP contribution in [0.15, 0.2) is 12.7 Å². The second-order valence-corrected chi connectivity index (χ2v) is 2.75. The van der Waals surface area contributed by atoms with Crippen molar-refractivity contribution in [2.75, 3.05) is 0 Å². The van der Waals surface area contributed by atoms with Crippen LogP contribution in [-0.2, 0) is 14.4 Å². The summed E-state index contributed by atoms with van der Waals surface area (Å²) >= 11 is 0. The Kier molecular flexibility index (Phi) is 10.7. The van der Waals surface area contributed by atoms with E-state index in [1.165, 1.54) is 0 Å². The van der Waals surface area contributed by atoms with Crippen LogP contribution in [0.2, 0.25) is 0 Å². The molecular weight excluding hydrogens is 198 g/mol. The summed E-state index contributed by atoms with van der Waals surface area (Å²) in [6, 6.07) is 0. The molecule has 0 aliphatic rings. The van der Waals surface area contributed by atoms with Crippen molar-refractivity contribution >= 4 is 17.7 Å². The predicted octanol–water partition coefficient (Wildman–Crippen LogP) is -0.825. The Morgan fingerprint density at radius 3 is 1.33 bits per heavy atom. The van der Waals surface area contributed by atoms with Crippen LogP contribution in [0, 0.1) is 0 Å². The number of amides is 3. The first-order valence-electron chi connectivity index (χ1n) is 4.38. The van der Waals surface area contributed by atoms with Gasteiger partial charge in [0.2, 0.25) is 17.7 Å². The molecule has 0 aromatic heterocycles. The Hall–Kier alpha value is -1.85. The maximum absolute atomic E-state index is 10.2. The van der Waals surface area contributed by atoms with E-state index in [-0.39, 0.29) is 11.8 Å². The van der Waals surface area contributed by atoms with Crippen LogP contribution >= 0.6 is 0 Å². The summed E-state index contributed by atoms with van der Waals surface area (Å²) in [5, 5.41) is 0. The highest BCUT2D eigenvalue weighted by atomic mass is 16.1. The lowest BCUT2D eigenvalue weighted by atomic mass is 10.2. The van der Waals surface area contributed by atoms with E-state index in [0.717, 1.165) is 6.08 Å². The lowest BCUT2D eigenvalue weighted by Gasteiger charge is -1.93. The van der Waals surface area contributed by atoms with Crippen molar-refractivity contribution in [2.45, 2.75) is 25.7 Å². The van der Waals surface area contributed by atoms with E-state index in [4.69, 9.17) is 11.5 Å². The highest BCUT2D eigenvalue weighted by Gasteiger charge is 1.96. The monoisotopic (exact) mass is 215 g/mol. The topological polar surface area (TPSA) is 129 Å². The minimum atomic E-state index is -0.481. The molecule has 0 fully saturated rings. The summed E-state index contributed by atoms with van der Waals surface area (Å²) in [5.74, 6) is -1.14. The quantitative estimate of drug-likeness (QED) is 0.395. The van der Waals surface area contributed by atoms with E-state index in [1.807, 2.05) is 0 Å². The van der Waals surface area contributed by atoms with Gasteiger partial charge in [-0.3, -0.25) is 14.4 Å². The maximum atomic E-state index is 10.2. The van der Waals surface area contributed by atoms with Gasteiger partial charge in [-0.2, -0.15) is 0 Å². The molecule has 86 valence electrons. The number of hydrogen-bond acceptors (Lipinski definition) is 3. The van der Waals surface area contributed by atoms with E-state index in [0.29, 0.717) is 25.7 Å². The SMILES string of the molecule is C=CC(N)=O.NC(=O)CCCCC(N)=O. The lowest BCUT2D eigenvalue weighted by Crippen LogP contribution is -2.12. The molecule has 3 amide bonds. The summed E-state index contributed by atoms with van der Waals surface area (Å²) in [4.78, 5) is 29.8. The molecule has 6 heteroatoms. The lowest BCUT2D eigenvalue weighted by molar-refractivity contribution is -0.119. The van der Waals surface area contributed by atoms with Crippen LogP contribution in [0.5, 0.6) is 0 Å². The molecule has 0 aromatic carbocycles. The van der Waals surface area contributed by atoms with Gasteiger partial charge < -0.3 is 17.2 Å². The Balaban J connectivity index is 0. The van der Waals surface area contributed by atoms with Crippen LogP contribution in [0.1, 0.15) is 25.7 Å². The van der Waals surface area contributed by atoms with Crippen molar-refractivity contribution in [1.82, 2.24) is 0 Å². The van der Waals surface area contributed by atoms with E-state index in [1.54, 1.807) is 0 Å². The molecule has 0 aliphatic heterocycles. The van der Waals surface area contributed by atoms with Gasteiger partial charge in [-0.15, -0.1) is 0 Å². The minimum Gasteiger partial charge on any atom is -0.370 e. The predicted molar refractivity (Wildman–Crippen MR) is 56.2 cm³/mol. The van der Waals surface area contributed by atoms with Crippen LogP contribution in [0.25, 0.3) is 0 Å². The first-order chi connectivity index (χ1) is 6.90. The number of carbonyl (C=O) groups is 3. The van der Waals surface area contributed by atoms with Gasteiger partial charge in [0.05, 0.1) is 0 Å². The third-order valence-corrected chi connectivity index (χ3v) is 1.30.